The number of hydrogen-bond acceptors (Lipinski definition) is 2. The number of rotatable bonds is 0. The second kappa shape index (κ2) is 5.32. The second-order valence-corrected chi connectivity index (χ2v) is 10.4. The van der Waals surface area contributed by atoms with Gasteiger partial charge in [-0.05, 0) is 105 Å². The fourth-order valence-electron chi connectivity index (χ4n) is 8.74. The molecular formula is C22H34O2. The van der Waals surface area contributed by atoms with Crippen LogP contribution in [0, 0.1) is 40.4 Å². The van der Waals surface area contributed by atoms with Gasteiger partial charge in [-0.1, -0.05) is 6.92 Å². The minimum atomic E-state index is -0.0404. The van der Waals surface area contributed by atoms with Gasteiger partial charge < -0.3 is 5.11 Å². The Bertz CT molecular complexity index is 542. The number of carbonyl (C=O) groups is 1. The number of carbonyl (C=O) groups excluding carboxylic acids is 1. The summed E-state index contributed by atoms with van der Waals surface area (Å²) in [5, 5.41) is 10.2. The number of aliphatic hydroxyl groups is 1. The van der Waals surface area contributed by atoms with E-state index in [0.29, 0.717) is 16.6 Å². The third-order valence-corrected chi connectivity index (χ3v) is 9.83. The molecule has 1 spiro atoms. The standard InChI is InChI=1S/C22H34O2/c1-21-10-8-16(23)12-15(21)3-6-18-19(21)9-11-22-13-17(24)5-2-14(22)4-7-20(18)22/h14-16,18-20,23H,2-13H2,1H3/t14-,15-,16+,18+,19-,20-,21-,22+/m0/s1. The molecule has 5 saturated carbocycles. The van der Waals surface area contributed by atoms with E-state index in [1.54, 1.807) is 0 Å². The number of ketones is 1. The first kappa shape index (κ1) is 15.9. The lowest BCUT2D eigenvalue weighted by atomic mass is 9.43. The van der Waals surface area contributed by atoms with Crippen LogP contribution in [-0.2, 0) is 4.79 Å². The van der Waals surface area contributed by atoms with E-state index < -0.39 is 0 Å². The van der Waals surface area contributed by atoms with Crippen molar-refractivity contribution in [1.82, 2.24) is 0 Å². The Kier molecular flexibility index (Phi) is 3.51. The van der Waals surface area contributed by atoms with Crippen LogP contribution in [0.15, 0.2) is 0 Å². The summed E-state index contributed by atoms with van der Waals surface area (Å²) in [6, 6.07) is 0. The van der Waals surface area contributed by atoms with Gasteiger partial charge in [-0.25, -0.2) is 0 Å². The molecule has 2 nitrogen and oxygen atoms in total. The summed E-state index contributed by atoms with van der Waals surface area (Å²) in [6.45, 7) is 2.57. The van der Waals surface area contributed by atoms with Crippen molar-refractivity contribution in [1.29, 1.82) is 0 Å². The molecule has 24 heavy (non-hydrogen) atoms. The Labute approximate surface area is 146 Å². The SMILES string of the molecule is C[C@]12CC[C@@H](O)C[C@@H]1CC[C@@H]1[C@@H]2CC[C@@]23CC(=O)CC[C@H]2CC[C@@H]13. The third-order valence-electron chi connectivity index (χ3n) is 9.83. The van der Waals surface area contributed by atoms with Crippen molar-refractivity contribution in [2.24, 2.45) is 40.4 Å². The van der Waals surface area contributed by atoms with Crippen molar-refractivity contribution in [2.45, 2.75) is 90.1 Å². The maximum absolute atomic E-state index is 12.3. The van der Waals surface area contributed by atoms with Crippen LogP contribution in [0.2, 0.25) is 0 Å². The van der Waals surface area contributed by atoms with E-state index in [9.17, 15) is 9.90 Å². The van der Waals surface area contributed by atoms with E-state index in [4.69, 9.17) is 0 Å². The van der Waals surface area contributed by atoms with Crippen molar-refractivity contribution in [2.75, 3.05) is 0 Å². The Morgan fingerprint density at radius 1 is 0.917 bits per heavy atom. The monoisotopic (exact) mass is 330 g/mol. The molecular weight excluding hydrogens is 296 g/mol. The average Bonchev–Trinajstić information content (AvgIpc) is 2.94. The lowest BCUT2D eigenvalue weighted by molar-refractivity contribution is -0.147. The van der Waals surface area contributed by atoms with E-state index in [1.165, 1.54) is 51.4 Å². The van der Waals surface area contributed by atoms with Crippen LogP contribution in [0.5, 0.6) is 0 Å². The topological polar surface area (TPSA) is 37.3 Å². The largest absolute Gasteiger partial charge is 0.393 e. The van der Waals surface area contributed by atoms with Crippen LogP contribution >= 0.6 is 0 Å². The molecule has 5 rings (SSSR count). The lowest BCUT2D eigenvalue weighted by Gasteiger charge is -2.62. The molecule has 0 aliphatic heterocycles. The zero-order valence-corrected chi connectivity index (χ0v) is 15.3. The third kappa shape index (κ3) is 2.01. The predicted octanol–water partition coefficient (Wildman–Crippen LogP) is 4.74. The maximum atomic E-state index is 12.3. The van der Waals surface area contributed by atoms with Gasteiger partial charge in [0.2, 0.25) is 0 Å². The van der Waals surface area contributed by atoms with E-state index in [1.807, 2.05) is 0 Å². The minimum absolute atomic E-state index is 0.0404. The summed E-state index contributed by atoms with van der Waals surface area (Å²) in [5.41, 5.74) is 0.883. The Hall–Kier alpha value is -0.370. The molecule has 134 valence electrons. The lowest BCUT2D eigenvalue weighted by Crippen LogP contribution is -2.55. The first-order valence-corrected chi connectivity index (χ1v) is 10.7. The highest BCUT2D eigenvalue weighted by atomic mass is 16.3. The number of Topliss-reactive ketones (excluding diaryl/α,β-unsaturated/α-hetero) is 1. The van der Waals surface area contributed by atoms with E-state index in [2.05, 4.69) is 6.92 Å². The fraction of sp³-hybridized carbons (Fsp3) is 0.955. The molecule has 1 N–H and O–H groups in total. The highest BCUT2D eigenvalue weighted by Crippen LogP contribution is 2.69. The molecule has 8 atom stereocenters. The van der Waals surface area contributed by atoms with Crippen LogP contribution in [0.3, 0.4) is 0 Å². The summed E-state index contributed by atoms with van der Waals surface area (Å²) >= 11 is 0. The quantitative estimate of drug-likeness (QED) is 0.696. The molecule has 0 saturated heterocycles. The van der Waals surface area contributed by atoms with Crippen molar-refractivity contribution in [3.63, 3.8) is 0 Å². The van der Waals surface area contributed by atoms with Gasteiger partial charge in [-0.15, -0.1) is 0 Å². The zero-order chi connectivity index (χ0) is 16.5. The van der Waals surface area contributed by atoms with Crippen molar-refractivity contribution >= 4 is 5.78 Å². The first-order valence-electron chi connectivity index (χ1n) is 10.7. The second-order valence-electron chi connectivity index (χ2n) is 10.4. The zero-order valence-electron chi connectivity index (χ0n) is 15.3. The predicted molar refractivity (Wildman–Crippen MR) is 94.4 cm³/mol. The van der Waals surface area contributed by atoms with Gasteiger partial charge in [-0.2, -0.15) is 0 Å². The molecule has 0 bridgehead atoms. The number of aliphatic hydroxyl groups excluding tert-OH is 1. The van der Waals surface area contributed by atoms with Gasteiger partial charge in [0.1, 0.15) is 5.78 Å². The number of fused-ring (bicyclic) bond motifs is 4. The molecule has 2 heteroatoms. The molecule has 0 unspecified atom stereocenters. The summed E-state index contributed by atoms with van der Waals surface area (Å²) in [7, 11) is 0. The fourth-order valence-corrected chi connectivity index (χ4v) is 8.74. The first-order chi connectivity index (χ1) is 11.5. The van der Waals surface area contributed by atoms with Crippen LogP contribution in [-0.4, -0.2) is 17.0 Å². The van der Waals surface area contributed by atoms with E-state index in [-0.39, 0.29) is 6.10 Å². The average molecular weight is 331 g/mol. The van der Waals surface area contributed by atoms with Gasteiger partial charge in [0.15, 0.2) is 0 Å². The van der Waals surface area contributed by atoms with Gasteiger partial charge in [-0.3, -0.25) is 4.79 Å². The van der Waals surface area contributed by atoms with Crippen LogP contribution in [0.25, 0.3) is 0 Å². The van der Waals surface area contributed by atoms with Crippen LogP contribution < -0.4 is 0 Å². The summed E-state index contributed by atoms with van der Waals surface area (Å²) in [4.78, 5) is 12.3. The summed E-state index contributed by atoms with van der Waals surface area (Å²) in [5.74, 6) is 4.77. The maximum Gasteiger partial charge on any atom is 0.133 e. The van der Waals surface area contributed by atoms with Crippen LogP contribution in [0.4, 0.5) is 0 Å². The number of hydrogen-bond donors (Lipinski definition) is 1. The molecule has 0 amide bonds. The molecule has 0 aromatic heterocycles. The normalized spacial score (nSPS) is 56.8. The van der Waals surface area contributed by atoms with Gasteiger partial charge in [0.25, 0.3) is 0 Å². The Balaban J connectivity index is 1.45. The summed E-state index contributed by atoms with van der Waals surface area (Å²) < 4.78 is 0. The molecule has 5 aliphatic rings. The van der Waals surface area contributed by atoms with Crippen LogP contribution in [0.1, 0.15) is 84.0 Å². The molecule has 0 radical (unpaired) electrons. The van der Waals surface area contributed by atoms with E-state index >= 15 is 0 Å². The highest BCUT2D eigenvalue weighted by molar-refractivity contribution is 5.80. The molecule has 0 heterocycles. The van der Waals surface area contributed by atoms with Crippen molar-refractivity contribution in [3.05, 3.63) is 0 Å². The molecule has 5 fully saturated rings. The van der Waals surface area contributed by atoms with E-state index in [0.717, 1.165) is 55.3 Å². The Morgan fingerprint density at radius 2 is 1.75 bits per heavy atom. The van der Waals surface area contributed by atoms with Crippen molar-refractivity contribution in [3.8, 4) is 0 Å². The molecule has 0 aromatic rings. The Morgan fingerprint density at radius 3 is 2.62 bits per heavy atom. The smallest absolute Gasteiger partial charge is 0.133 e. The van der Waals surface area contributed by atoms with Gasteiger partial charge in [0.05, 0.1) is 6.10 Å². The van der Waals surface area contributed by atoms with Gasteiger partial charge >= 0.3 is 0 Å². The van der Waals surface area contributed by atoms with Gasteiger partial charge in [0, 0.05) is 12.8 Å². The summed E-state index contributed by atoms with van der Waals surface area (Å²) in [6.07, 6.45) is 14.5. The molecule has 5 aliphatic carbocycles. The van der Waals surface area contributed by atoms with Crippen molar-refractivity contribution < 1.29 is 9.90 Å². The molecule has 0 aromatic carbocycles. The minimum Gasteiger partial charge on any atom is -0.393 e. The highest BCUT2D eigenvalue weighted by Gasteiger charge is 2.62.